The van der Waals surface area contributed by atoms with Crippen molar-refractivity contribution in [1.82, 2.24) is 10.3 Å². The van der Waals surface area contributed by atoms with Crippen LogP contribution in [0.15, 0.2) is 50.7 Å². The molecule has 0 aliphatic rings. The molecular weight excluding hydrogens is 404 g/mol. The van der Waals surface area contributed by atoms with Crippen LogP contribution in [-0.2, 0) is 11.2 Å². The van der Waals surface area contributed by atoms with Crippen molar-refractivity contribution in [1.29, 1.82) is 0 Å². The molecule has 0 saturated carbocycles. The third kappa shape index (κ3) is 4.93. The fourth-order valence-corrected chi connectivity index (χ4v) is 3.26. The van der Waals surface area contributed by atoms with E-state index < -0.39 is 0 Å². The van der Waals surface area contributed by atoms with Gasteiger partial charge in [0.1, 0.15) is 18.1 Å². The smallest absolute Gasteiger partial charge is 0.236 e. The molecule has 2 heterocycles. The third-order valence-electron chi connectivity index (χ3n) is 3.44. The van der Waals surface area contributed by atoms with E-state index in [1.54, 1.807) is 11.3 Å². The van der Waals surface area contributed by atoms with Gasteiger partial charge in [0.25, 0.3) is 0 Å². The van der Waals surface area contributed by atoms with Crippen LogP contribution in [0.1, 0.15) is 11.5 Å². The van der Waals surface area contributed by atoms with Crippen molar-refractivity contribution < 1.29 is 13.9 Å². The summed E-state index contributed by atoms with van der Waals surface area (Å²) in [6.07, 6.45) is 0.192. The lowest BCUT2D eigenvalue weighted by Gasteiger charge is -2.07. The number of halogens is 1. The number of carbonyl (C=O) groups excluding carboxylic acids is 1. The molecule has 0 radical (unpaired) electrons. The lowest BCUT2D eigenvalue weighted by molar-refractivity contribution is -0.120. The maximum Gasteiger partial charge on any atom is 0.236 e. The van der Waals surface area contributed by atoms with Crippen LogP contribution >= 0.6 is 27.3 Å². The zero-order chi connectivity index (χ0) is 17.6. The molecule has 1 N–H and O–H groups in total. The summed E-state index contributed by atoms with van der Waals surface area (Å²) in [5, 5.41) is 4.80. The number of ether oxygens (including phenoxy) is 1. The highest BCUT2D eigenvalue weighted by Crippen LogP contribution is 2.26. The molecular formula is C18H17BrN2O3S. The van der Waals surface area contributed by atoms with Gasteiger partial charge in [-0.25, -0.2) is 4.98 Å². The highest BCUT2D eigenvalue weighted by atomic mass is 79.9. The Morgan fingerprint density at radius 3 is 3.00 bits per heavy atom. The van der Waals surface area contributed by atoms with Gasteiger partial charge in [-0.3, -0.25) is 4.79 Å². The molecule has 1 amide bonds. The monoisotopic (exact) mass is 420 g/mol. The van der Waals surface area contributed by atoms with Gasteiger partial charge in [-0.05, 0) is 36.6 Å². The van der Waals surface area contributed by atoms with Crippen molar-refractivity contribution >= 4 is 33.2 Å². The zero-order valence-electron chi connectivity index (χ0n) is 13.6. The number of aromatic nitrogens is 1. The fraction of sp³-hybridized carbons (Fsp3) is 0.222. The molecule has 0 spiro atoms. The number of carbonyl (C=O) groups is 1. The molecule has 3 rings (SSSR count). The summed E-state index contributed by atoms with van der Waals surface area (Å²) in [7, 11) is 0. The molecule has 0 saturated heterocycles. The van der Waals surface area contributed by atoms with Crippen LogP contribution in [0.4, 0.5) is 0 Å². The van der Waals surface area contributed by atoms with Crippen LogP contribution in [0.3, 0.4) is 0 Å². The highest BCUT2D eigenvalue weighted by Gasteiger charge is 2.15. The number of rotatable bonds is 7. The van der Waals surface area contributed by atoms with Crippen molar-refractivity contribution in [2.75, 3.05) is 13.2 Å². The lowest BCUT2D eigenvalue weighted by Crippen LogP contribution is -2.29. The zero-order valence-corrected chi connectivity index (χ0v) is 16.0. The molecule has 3 aromatic rings. The van der Waals surface area contributed by atoms with Gasteiger partial charge in [0.15, 0.2) is 0 Å². The predicted octanol–water partition coefficient (Wildman–Crippen LogP) is 4.21. The van der Waals surface area contributed by atoms with Crippen molar-refractivity contribution in [3.05, 3.63) is 57.7 Å². The van der Waals surface area contributed by atoms with Crippen molar-refractivity contribution in [3.8, 4) is 16.5 Å². The molecule has 2 aromatic heterocycles. The minimum Gasteiger partial charge on any atom is -0.492 e. The summed E-state index contributed by atoms with van der Waals surface area (Å²) in [4.78, 5) is 17.5. The molecule has 0 atom stereocenters. The number of amides is 1. The molecule has 0 aliphatic heterocycles. The normalized spacial score (nSPS) is 10.6. The average molecular weight is 421 g/mol. The number of thiophene rings is 1. The molecule has 1 aromatic carbocycles. The standard InChI is InChI=1S/C18H17BrN2O3S/c1-12-15(21-18(24-12)16-6-3-9-25-16)11-17(22)20-7-8-23-14-5-2-4-13(19)10-14/h2-6,9-10H,7-8,11H2,1H3,(H,20,22). The van der Waals surface area contributed by atoms with E-state index in [9.17, 15) is 4.79 Å². The summed E-state index contributed by atoms with van der Waals surface area (Å²) < 4.78 is 12.2. The Morgan fingerprint density at radius 2 is 2.24 bits per heavy atom. The maximum absolute atomic E-state index is 12.1. The van der Waals surface area contributed by atoms with Crippen LogP contribution in [-0.4, -0.2) is 24.0 Å². The van der Waals surface area contributed by atoms with Gasteiger partial charge < -0.3 is 14.5 Å². The molecule has 0 aliphatic carbocycles. The second-order valence-corrected chi connectivity index (χ2v) is 7.20. The Bertz CT molecular complexity index is 846. The Kier molecular flexibility index (Phi) is 5.88. The largest absolute Gasteiger partial charge is 0.492 e. The fourth-order valence-electron chi connectivity index (χ4n) is 2.23. The Balaban J connectivity index is 1.46. The number of benzene rings is 1. The average Bonchev–Trinajstić information content (AvgIpc) is 3.22. The molecule has 0 fully saturated rings. The van der Waals surface area contributed by atoms with Gasteiger partial charge in [0, 0.05) is 4.47 Å². The number of hydrogen-bond acceptors (Lipinski definition) is 5. The second-order valence-electron chi connectivity index (χ2n) is 5.33. The van der Waals surface area contributed by atoms with E-state index in [0.29, 0.717) is 30.5 Å². The lowest BCUT2D eigenvalue weighted by atomic mass is 10.2. The van der Waals surface area contributed by atoms with Crippen molar-refractivity contribution in [2.45, 2.75) is 13.3 Å². The summed E-state index contributed by atoms with van der Waals surface area (Å²) in [6, 6.07) is 11.5. The number of nitrogens with one attached hydrogen (secondary N) is 1. The van der Waals surface area contributed by atoms with E-state index >= 15 is 0 Å². The van der Waals surface area contributed by atoms with Gasteiger partial charge in [-0.2, -0.15) is 0 Å². The van der Waals surface area contributed by atoms with E-state index in [1.807, 2.05) is 48.7 Å². The number of hydrogen-bond donors (Lipinski definition) is 1. The Hall–Kier alpha value is -2.12. The van der Waals surface area contributed by atoms with E-state index in [0.717, 1.165) is 15.1 Å². The van der Waals surface area contributed by atoms with Crippen LogP contribution in [0.25, 0.3) is 10.8 Å². The van der Waals surface area contributed by atoms with E-state index in [1.165, 1.54) is 0 Å². The van der Waals surface area contributed by atoms with Gasteiger partial charge in [0.2, 0.25) is 11.8 Å². The minimum atomic E-state index is -0.105. The first-order chi connectivity index (χ1) is 12.1. The number of aryl methyl sites for hydroxylation is 1. The summed E-state index contributed by atoms with van der Waals surface area (Å²) in [6.45, 7) is 2.66. The van der Waals surface area contributed by atoms with E-state index in [2.05, 4.69) is 26.2 Å². The quantitative estimate of drug-likeness (QED) is 0.581. The van der Waals surface area contributed by atoms with E-state index in [4.69, 9.17) is 9.15 Å². The number of nitrogens with zero attached hydrogens (tertiary/aromatic N) is 1. The maximum atomic E-state index is 12.1. The summed E-state index contributed by atoms with van der Waals surface area (Å²) >= 11 is 4.95. The first-order valence-corrected chi connectivity index (χ1v) is 9.44. The Labute approximate surface area is 158 Å². The molecule has 25 heavy (non-hydrogen) atoms. The van der Waals surface area contributed by atoms with Gasteiger partial charge in [-0.1, -0.05) is 28.1 Å². The topological polar surface area (TPSA) is 64.4 Å². The van der Waals surface area contributed by atoms with Gasteiger partial charge >= 0.3 is 0 Å². The first-order valence-electron chi connectivity index (χ1n) is 7.77. The SMILES string of the molecule is Cc1oc(-c2cccs2)nc1CC(=O)NCCOc1cccc(Br)c1. The summed E-state index contributed by atoms with van der Waals surface area (Å²) in [5.41, 5.74) is 0.661. The molecule has 130 valence electrons. The molecule has 0 bridgehead atoms. The number of oxazole rings is 1. The van der Waals surface area contributed by atoms with Crippen LogP contribution in [0.2, 0.25) is 0 Å². The Morgan fingerprint density at radius 1 is 1.36 bits per heavy atom. The summed E-state index contributed by atoms with van der Waals surface area (Å²) in [5.74, 6) is 1.89. The molecule has 0 unspecified atom stereocenters. The molecule has 5 nitrogen and oxygen atoms in total. The van der Waals surface area contributed by atoms with Crippen molar-refractivity contribution in [2.24, 2.45) is 0 Å². The van der Waals surface area contributed by atoms with Crippen LogP contribution < -0.4 is 10.1 Å². The van der Waals surface area contributed by atoms with Crippen molar-refractivity contribution in [3.63, 3.8) is 0 Å². The van der Waals surface area contributed by atoms with Crippen LogP contribution in [0.5, 0.6) is 5.75 Å². The minimum absolute atomic E-state index is 0.105. The van der Waals surface area contributed by atoms with Crippen LogP contribution in [0, 0.1) is 6.92 Å². The van der Waals surface area contributed by atoms with Gasteiger partial charge in [0.05, 0.1) is 23.5 Å². The van der Waals surface area contributed by atoms with E-state index in [-0.39, 0.29) is 12.3 Å². The predicted molar refractivity (Wildman–Crippen MR) is 101 cm³/mol. The first kappa shape index (κ1) is 17.7. The third-order valence-corrected chi connectivity index (χ3v) is 4.79. The molecule has 7 heteroatoms. The highest BCUT2D eigenvalue weighted by molar-refractivity contribution is 9.10. The second kappa shape index (κ2) is 8.31. The van der Waals surface area contributed by atoms with Gasteiger partial charge in [-0.15, -0.1) is 11.3 Å².